The molecule has 1 aromatic carbocycles. The number of nitrogens with one attached hydrogen (secondary N) is 1. The maximum absolute atomic E-state index is 13.2. The highest BCUT2D eigenvalue weighted by molar-refractivity contribution is 7.71. The SMILES string of the molecule is CCP(=O)(CC)c1cccc(NCC2CC3(C2)CC3(F)F)c1. The second kappa shape index (κ2) is 5.33. The molecular formula is C17H24F2NOP. The van der Waals surface area contributed by atoms with Crippen molar-refractivity contribution in [2.75, 3.05) is 24.2 Å². The van der Waals surface area contributed by atoms with Crippen LogP contribution >= 0.6 is 7.14 Å². The predicted molar refractivity (Wildman–Crippen MR) is 88.0 cm³/mol. The standard InChI is InChI=1S/C17H24F2NOP/c1-3-22(21,4-2)15-7-5-6-14(8-15)20-11-13-9-16(10-13)12-17(16,18)19/h5-8,13,20H,3-4,9-12H2,1-2H3. The Morgan fingerprint density at radius 1 is 1.27 bits per heavy atom. The van der Waals surface area contributed by atoms with E-state index in [1.54, 1.807) is 0 Å². The zero-order valence-electron chi connectivity index (χ0n) is 13.2. The van der Waals surface area contributed by atoms with Crippen LogP contribution in [-0.4, -0.2) is 24.8 Å². The largest absolute Gasteiger partial charge is 0.385 e. The molecule has 2 fully saturated rings. The Hall–Kier alpha value is -0.890. The summed E-state index contributed by atoms with van der Waals surface area (Å²) in [5, 5.41) is 4.25. The number of benzene rings is 1. The number of hydrogen-bond donors (Lipinski definition) is 1. The smallest absolute Gasteiger partial charge is 0.254 e. The number of rotatable bonds is 6. The van der Waals surface area contributed by atoms with Gasteiger partial charge < -0.3 is 9.88 Å². The molecule has 0 unspecified atom stereocenters. The van der Waals surface area contributed by atoms with Gasteiger partial charge in [-0.25, -0.2) is 8.78 Å². The second-order valence-electron chi connectivity index (χ2n) is 6.89. The van der Waals surface area contributed by atoms with Crippen LogP contribution in [0.1, 0.15) is 33.1 Å². The quantitative estimate of drug-likeness (QED) is 0.776. The fraction of sp³-hybridized carbons (Fsp3) is 0.647. The summed E-state index contributed by atoms with van der Waals surface area (Å²) >= 11 is 0. The average molecular weight is 327 g/mol. The molecular weight excluding hydrogens is 303 g/mol. The highest BCUT2D eigenvalue weighted by atomic mass is 31.2. The molecule has 0 amide bonds. The van der Waals surface area contributed by atoms with Crippen molar-refractivity contribution in [3.63, 3.8) is 0 Å². The van der Waals surface area contributed by atoms with Gasteiger partial charge in [0.15, 0.2) is 0 Å². The van der Waals surface area contributed by atoms with Gasteiger partial charge in [0.25, 0.3) is 5.92 Å². The van der Waals surface area contributed by atoms with Gasteiger partial charge in [0, 0.05) is 41.7 Å². The van der Waals surface area contributed by atoms with Crippen molar-refractivity contribution in [1.29, 1.82) is 0 Å². The van der Waals surface area contributed by atoms with E-state index in [-0.39, 0.29) is 6.42 Å². The molecule has 0 aliphatic heterocycles. The van der Waals surface area contributed by atoms with Gasteiger partial charge in [0.05, 0.1) is 0 Å². The van der Waals surface area contributed by atoms with Crippen LogP contribution in [0.4, 0.5) is 14.5 Å². The molecule has 2 aliphatic rings. The van der Waals surface area contributed by atoms with Crippen molar-refractivity contribution in [3.05, 3.63) is 24.3 Å². The van der Waals surface area contributed by atoms with Gasteiger partial charge in [-0.1, -0.05) is 26.0 Å². The Morgan fingerprint density at radius 2 is 1.91 bits per heavy atom. The topological polar surface area (TPSA) is 29.1 Å². The van der Waals surface area contributed by atoms with Crippen LogP contribution < -0.4 is 10.6 Å². The minimum Gasteiger partial charge on any atom is -0.385 e. The number of halogens is 2. The molecule has 2 aliphatic carbocycles. The van der Waals surface area contributed by atoms with E-state index in [1.165, 1.54) is 0 Å². The Bertz CT molecular complexity index is 602. The Morgan fingerprint density at radius 3 is 2.45 bits per heavy atom. The lowest BCUT2D eigenvalue weighted by molar-refractivity contribution is 0.00529. The van der Waals surface area contributed by atoms with Crippen LogP contribution in [0.2, 0.25) is 0 Å². The van der Waals surface area contributed by atoms with Crippen molar-refractivity contribution in [2.24, 2.45) is 11.3 Å². The molecule has 0 bridgehead atoms. The molecule has 0 heterocycles. The Labute approximate surface area is 131 Å². The van der Waals surface area contributed by atoms with Crippen LogP contribution in [-0.2, 0) is 4.57 Å². The molecule has 3 rings (SSSR count). The highest BCUT2D eigenvalue weighted by Crippen LogP contribution is 2.72. The highest BCUT2D eigenvalue weighted by Gasteiger charge is 2.75. The zero-order valence-corrected chi connectivity index (χ0v) is 14.1. The molecule has 1 spiro atoms. The van der Waals surface area contributed by atoms with Crippen molar-refractivity contribution < 1.29 is 13.3 Å². The molecule has 122 valence electrons. The van der Waals surface area contributed by atoms with E-state index in [1.807, 2.05) is 38.1 Å². The monoisotopic (exact) mass is 327 g/mol. The van der Waals surface area contributed by atoms with E-state index in [4.69, 9.17) is 0 Å². The molecule has 0 radical (unpaired) electrons. The molecule has 2 saturated carbocycles. The van der Waals surface area contributed by atoms with Gasteiger partial charge in [0.1, 0.15) is 7.14 Å². The Kier molecular flexibility index (Phi) is 3.87. The molecule has 5 heteroatoms. The van der Waals surface area contributed by atoms with Crippen molar-refractivity contribution in [2.45, 2.75) is 39.0 Å². The van der Waals surface area contributed by atoms with E-state index in [2.05, 4.69) is 5.32 Å². The van der Waals surface area contributed by atoms with E-state index < -0.39 is 18.5 Å². The summed E-state index contributed by atoms with van der Waals surface area (Å²) < 4.78 is 39.1. The first-order chi connectivity index (χ1) is 10.3. The van der Waals surface area contributed by atoms with E-state index in [0.29, 0.717) is 31.1 Å². The third kappa shape index (κ3) is 2.60. The average Bonchev–Trinajstić information content (AvgIpc) is 3.06. The van der Waals surface area contributed by atoms with Gasteiger partial charge >= 0.3 is 0 Å². The van der Waals surface area contributed by atoms with Crippen molar-refractivity contribution in [1.82, 2.24) is 0 Å². The van der Waals surface area contributed by atoms with Gasteiger partial charge in [-0.2, -0.15) is 0 Å². The lowest BCUT2D eigenvalue weighted by atomic mass is 9.71. The lowest BCUT2D eigenvalue weighted by Gasteiger charge is -2.36. The van der Waals surface area contributed by atoms with Crippen LogP contribution in [0.5, 0.6) is 0 Å². The van der Waals surface area contributed by atoms with Gasteiger partial charge in [-0.05, 0) is 30.9 Å². The first-order valence-electron chi connectivity index (χ1n) is 8.14. The zero-order chi connectivity index (χ0) is 16.0. The number of anilines is 1. The fourth-order valence-corrected chi connectivity index (χ4v) is 5.64. The molecule has 22 heavy (non-hydrogen) atoms. The van der Waals surface area contributed by atoms with E-state index in [9.17, 15) is 13.3 Å². The minimum atomic E-state index is -2.40. The second-order valence-corrected chi connectivity index (χ2v) is 10.4. The van der Waals surface area contributed by atoms with Gasteiger partial charge in [-0.15, -0.1) is 0 Å². The molecule has 1 aromatic rings. The van der Waals surface area contributed by atoms with Gasteiger partial charge in [0.2, 0.25) is 0 Å². The number of hydrogen-bond acceptors (Lipinski definition) is 2. The lowest BCUT2D eigenvalue weighted by Crippen LogP contribution is -2.34. The fourth-order valence-electron chi connectivity index (χ4n) is 3.73. The summed E-state index contributed by atoms with van der Waals surface area (Å²) in [6.45, 7) is 4.66. The predicted octanol–water partition coefficient (Wildman–Crippen LogP) is 4.56. The normalized spacial score (nSPS) is 29.2. The maximum Gasteiger partial charge on any atom is 0.254 e. The van der Waals surface area contributed by atoms with Crippen molar-refractivity contribution >= 4 is 18.1 Å². The third-order valence-corrected chi connectivity index (χ3v) is 8.77. The molecule has 1 N–H and O–H groups in total. The summed E-state index contributed by atoms with van der Waals surface area (Å²) in [7, 11) is -2.27. The summed E-state index contributed by atoms with van der Waals surface area (Å²) in [6, 6.07) is 7.78. The third-order valence-electron chi connectivity index (χ3n) is 5.50. The molecule has 2 nitrogen and oxygen atoms in total. The van der Waals surface area contributed by atoms with Crippen molar-refractivity contribution in [3.8, 4) is 0 Å². The Balaban J connectivity index is 1.57. The van der Waals surface area contributed by atoms with Crippen LogP contribution in [0.25, 0.3) is 0 Å². The first kappa shape index (κ1) is 16.0. The minimum absolute atomic E-state index is 0.0855. The van der Waals surface area contributed by atoms with Crippen LogP contribution in [0, 0.1) is 11.3 Å². The molecule has 0 saturated heterocycles. The molecule has 0 aromatic heterocycles. The van der Waals surface area contributed by atoms with Crippen LogP contribution in [0.3, 0.4) is 0 Å². The van der Waals surface area contributed by atoms with E-state index >= 15 is 0 Å². The summed E-state index contributed by atoms with van der Waals surface area (Å²) in [4.78, 5) is 0. The number of alkyl halides is 2. The van der Waals surface area contributed by atoms with Gasteiger partial charge in [-0.3, -0.25) is 0 Å². The summed E-state index contributed by atoms with van der Waals surface area (Å²) in [6.07, 6.45) is 2.70. The van der Waals surface area contributed by atoms with Crippen LogP contribution in [0.15, 0.2) is 24.3 Å². The molecule has 0 atom stereocenters. The maximum atomic E-state index is 13.2. The summed E-state index contributed by atoms with van der Waals surface area (Å²) in [5.74, 6) is -2.07. The van der Waals surface area contributed by atoms with E-state index in [0.717, 1.165) is 17.5 Å². The first-order valence-corrected chi connectivity index (χ1v) is 10.2. The summed E-state index contributed by atoms with van der Waals surface area (Å²) in [5.41, 5.74) is 0.296.